The van der Waals surface area contributed by atoms with Crippen molar-refractivity contribution in [3.63, 3.8) is 0 Å². The number of allylic oxidation sites excluding steroid dienone is 1. The van der Waals surface area contributed by atoms with Crippen LogP contribution in [0.2, 0.25) is 0 Å². The molecule has 0 radical (unpaired) electrons. The van der Waals surface area contributed by atoms with Gasteiger partial charge in [-0.25, -0.2) is 4.79 Å². The van der Waals surface area contributed by atoms with Gasteiger partial charge in [0.1, 0.15) is 17.6 Å². The predicted octanol–water partition coefficient (Wildman–Crippen LogP) is 7.45. The molecule has 0 saturated carbocycles. The Hall–Kier alpha value is -4.76. The van der Waals surface area contributed by atoms with Crippen LogP contribution in [0.4, 0.5) is 21.9 Å². The molecule has 0 fully saturated rings. The summed E-state index contributed by atoms with van der Waals surface area (Å²) in [4.78, 5) is 25.5. The summed E-state index contributed by atoms with van der Waals surface area (Å²) >= 11 is 3.44. The Morgan fingerprint density at radius 1 is 0.902 bits per heavy atom. The zero-order valence-electron chi connectivity index (χ0n) is 22.1. The van der Waals surface area contributed by atoms with Crippen molar-refractivity contribution < 1.29 is 24.2 Å². The molecule has 5 N–H and O–H groups in total. The average Bonchev–Trinajstić information content (AvgIpc) is 2.97. The van der Waals surface area contributed by atoms with Gasteiger partial charge >= 0.3 is 6.09 Å². The van der Waals surface area contributed by atoms with Crippen molar-refractivity contribution in [2.45, 2.75) is 25.0 Å². The molecule has 0 unspecified atom stereocenters. The monoisotopic (exact) mass is 615 g/mol. The van der Waals surface area contributed by atoms with Crippen molar-refractivity contribution in [2.75, 3.05) is 16.4 Å². The molecule has 9 heteroatoms. The summed E-state index contributed by atoms with van der Waals surface area (Å²) in [6, 6.07) is 29.9. The highest BCUT2D eigenvalue weighted by atomic mass is 79.9. The third-order valence-corrected chi connectivity index (χ3v) is 6.52. The van der Waals surface area contributed by atoms with E-state index in [2.05, 4.69) is 26.6 Å². The molecule has 2 amide bonds. The van der Waals surface area contributed by atoms with Gasteiger partial charge < -0.3 is 25.6 Å². The summed E-state index contributed by atoms with van der Waals surface area (Å²) in [5.74, 6) is 0.177. The van der Waals surface area contributed by atoms with Crippen LogP contribution in [0.25, 0.3) is 0 Å². The predicted molar refractivity (Wildman–Crippen MR) is 164 cm³/mol. The van der Waals surface area contributed by atoms with Gasteiger partial charge in [0.15, 0.2) is 6.10 Å². The number of phenolic OH excluding ortho intramolecular Hbond substituents is 1. The summed E-state index contributed by atoms with van der Waals surface area (Å²) in [7, 11) is 0. The first-order chi connectivity index (χ1) is 19.9. The number of carbonyl (C=O) groups is 2. The molecule has 210 valence electrons. The standard InChI is InChI=1S/C32H30BrN3O5/c33-22-19-20-28(37)25(21-22)31(41-32(39)35-23-11-3-1-4-12-23)29(40-24-13-5-2-6-14-24)17-9-10-18-30(38)36-27-16-8-7-15-26(27)34/h1-8,10-16,18-21,29,31,37H,9,17,34H2,(H,35,39)(H,36,38)/b18-10+/t29-,31-/m1/s1. The topological polar surface area (TPSA) is 123 Å². The van der Waals surface area contributed by atoms with E-state index < -0.39 is 18.3 Å². The van der Waals surface area contributed by atoms with E-state index in [1.165, 1.54) is 12.1 Å². The first kappa shape index (κ1) is 29.2. The molecule has 0 aliphatic carbocycles. The fourth-order valence-electron chi connectivity index (χ4n) is 4.06. The van der Waals surface area contributed by atoms with Crippen LogP contribution in [-0.2, 0) is 9.53 Å². The number of amides is 2. The van der Waals surface area contributed by atoms with Crippen LogP contribution in [0.5, 0.6) is 11.5 Å². The number of phenols is 1. The Balaban J connectivity index is 1.55. The highest BCUT2D eigenvalue weighted by Crippen LogP contribution is 2.36. The van der Waals surface area contributed by atoms with E-state index in [1.54, 1.807) is 78.9 Å². The van der Waals surface area contributed by atoms with Crippen molar-refractivity contribution >= 4 is 45.0 Å². The van der Waals surface area contributed by atoms with E-state index in [9.17, 15) is 14.7 Å². The third-order valence-electron chi connectivity index (χ3n) is 6.02. The summed E-state index contributed by atoms with van der Waals surface area (Å²) < 4.78 is 12.9. The molecule has 8 nitrogen and oxygen atoms in total. The lowest BCUT2D eigenvalue weighted by atomic mass is 9.99. The van der Waals surface area contributed by atoms with Gasteiger partial charge in [0.05, 0.1) is 11.4 Å². The summed E-state index contributed by atoms with van der Waals surface area (Å²) in [6.07, 6.45) is 1.45. The van der Waals surface area contributed by atoms with Crippen molar-refractivity contribution in [1.29, 1.82) is 0 Å². The molecule has 0 spiro atoms. The minimum absolute atomic E-state index is 0.0530. The van der Waals surface area contributed by atoms with Gasteiger partial charge in [-0.3, -0.25) is 10.1 Å². The number of anilines is 3. The summed E-state index contributed by atoms with van der Waals surface area (Å²) in [5.41, 5.74) is 7.82. The van der Waals surface area contributed by atoms with Gasteiger partial charge in [0.2, 0.25) is 5.91 Å². The minimum Gasteiger partial charge on any atom is -0.508 e. The van der Waals surface area contributed by atoms with Crippen LogP contribution in [0.3, 0.4) is 0 Å². The molecule has 0 aliphatic rings. The summed E-state index contributed by atoms with van der Waals surface area (Å²) in [5, 5.41) is 16.2. The highest BCUT2D eigenvalue weighted by molar-refractivity contribution is 9.10. The minimum atomic E-state index is -0.997. The third kappa shape index (κ3) is 8.87. The number of hydrogen-bond acceptors (Lipinski definition) is 6. The van der Waals surface area contributed by atoms with Crippen LogP contribution >= 0.6 is 15.9 Å². The molecule has 0 bridgehead atoms. The van der Waals surface area contributed by atoms with E-state index in [1.807, 2.05) is 24.3 Å². The Labute approximate surface area is 246 Å². The van der Waals surface area contributed by atoms with Crippen LogP contribution < -0.4 is 21.1 Å². The molecule has 2 atom stereocenters. The van der Waals surface area contributed by atoms with Gasteiger partial charge in [0, 0.05) is 15.7 Å². The number of nitrogen functional groups attached to an aromatic ring is 1. The maximum atomic E-state index is 13.0. The van der Waals surface area contributed by atoms with E-state index in [0.717, 1.165) is 0 Å². The number of benzene rings is 4. The quantitative estimate of drug-likeness (QED) is 0.103. The second kappa shape index (κ2) is 14.6. The molecule has 41 heavy (non-hydrogen) atoms. The number of aromatic hydroxyl groups is 1. The normalized spacial score (nSPS) is 12.3. The van der Waals surface area contributed by atoms with Crippen LogP contribution in [0.1, 0.15) is 24.5 Å². The molecule has 0 heterocycles. The van der Waals surface area contributed by atoms with Gasteiger partial charge in [-0.15, -0.1) is 0 Å². The Morgan fingerprint density at radius 2 is 1.59 bits per heavy atom. The van der Waals surface area contributed by atoms with E-state index in [-0.39, 0.29) is 11.7 Å². The number of hydrogen-bond donors (Lipinski definition) is 4. The fourth-order valence-corrected chi connectivity index (χ4v) is 4.44. The average molecular weight is 617 g/mol. The number of rotatable bonds is 11. The Kier molecular flexibility index (Phi) is 10.4. The zero-order chi connectivity index (χ0) is 29.0. The second-order valence-corrected chi connectivity index (χ2v) is 9.96. The zero-order valence-corrected chi connectivity index (χ0v) is 23.7. The van der Waals surface area contributed by atoms with E-state index in [4.69, 9.17) is 15.2 Å². The first-order valence-corrected chi connectivity index (χ1v) is 13.7. The Morgan fingerprint density at radius 3 is 2.32 bits per heavy atom. The number of nitrogens with one attached hydrogen (secondary N) is 2. The van der Waals surface area contributed by atoms with Gasteiger partial charge in [-0.05, 0) is 73.5 Å². The molecule has 0 saturated heterocycles. The van der Waals surface area contributed by atoms with Crippen molar-refractivity contribution in [3.8, 4) is 11.5 Å². The van der Waals surface area contributed by atoms with Crippen molar-refractivity contribution in [1.82, 2.24) is 0 Å². The number of para-hydroxylation sites is 4. The van der Waals surface area contributed by atoms with Gasteiger partial charge in [-0.2, -0.15) is 0 Å². The molecule has 4 aromatic rings. The van der Waals surface area contributed by atoms with Crippen molar-refractivity contribution in [2.24, 2.45) is 0 Å². The highest BCUT2D eigenvalue weighted by Gasteiger charge is 2.31. The SMILES string of the molecule is Nc1ccccc1NC(=O)/C=C/CC[C@@H](Oc1ccccc1)[C@H](OC(=O)Nc1ccccc1)c1cc(Br)ccc1O. The number of nitrogens with two attached hydrogens (primary N) is 1. The van der Waals surface area contributed by atoms with Crippen LogP contribution in [-0.4, -0.2) is 23.2 Å². The molecule has 0 aromatic heterocycles. The first-order valence-electron chi connectivity index (χ1n) is 12.9. The maximum absolute atomic E-state index is 13.0. The lowest BCUT2D eigenvalue weighted by molar-refractivity contribution is -0.111. The smallest absolute Gasteiger partial charge is 0.412 e. The molecular weight excluding hydrogens is 586 g/mol. The number of halogens is 1. The van der Waals surface area contributed by atoms with Crippen LogP contribution in [0, 0.1) is 0 Å². The fraction of sp³-hybridized carbons (Fsp3) is 0.125. The summed E-state index contributed by atoms with van der Waals surface area (Å²) in [6.45, 7) is 0. The van der Waals surface area contributed by atoms with E-state index in [0.29, 0.717) is 45.7 Å². The van der Waals surface area contributed by atoms with Gasteiger partial charge in [-0.1, -0.05) is 70.5 Å². The molecular formula is C32H30BrN3O5. The second-order valence-electron chi connectivity index (χ2n) is 9.05. The maximum Gasteiger partial charge on any atom is 0.412 e. The van der Waals surface area contributed by atoms with Gasteiger partial charge in [0.25, 0.3) is 0 Å². The molecule has 4 aromatic carbocycles. The largest absolute Gasteiger partial charge is 0.508 e. The van der Waals surface area contributed by atoms with Crippen molar-refractivity contribution in [3.05, 3.63) is 125 Å². The molecule has 4 rings (SSSR count). The Bertz CT molecular complexity index is 1480. The number of carbonyl (C=O) groups excluding carboxylic acids is 2. The lowest BCUT2D eigenvalue weighted by Gasteiger charge is -2.28. The lowest BCUT2D eigenvalue weighted by Crippen LogP contribution is -2.31. The van der Waals surface area contributed by atoms with E-state index >= 15 is 0 Å². The molecule has 0 aliphatic heterocycles. The number of ether oxygens (including phenoxy) is 2. The van der Waals surface area contributed by atoms with Crippen LogP contribution in [0.15, 0.2) is 120 Å².